The highest BCUT2D eigenvalue weighted by molar-refractivity contribution is 5.96. The monoisotopic (exact) mass is 375 g/mol. The molecule has 0 bridgehead atoms. The van der Waals surface area contributed by atoms with E-state index in [-0.39, 0.29) is 24.4 Å². The van der Waals surface area contributed by atoms with Gasteiger partial charge >= 0.3 is 0 Å². The number of nitrogens with zero attached hydrogens (tertiary/aromatic N) is 2. The van der Waals surface area contributed by atoms with Crippen LogP contribution in [0.25, 0.3) is 5.69 Å². The van der Waals surface area contributed by atoms with Crippen molar-refractivity contribution in [3.05, 3.63) is 52.3 Å². The number of aryl methyl sites for hydroxylation is 3. The number of amides is 1. The van der Waals surface area contributed by atoms with Gasteiger partial charge in [-0.3, -0.25) is 4.79 Å². The van der Waals surface area contributed by atoms with Crippen molar-refractivity contribution in [3.8, 4) is 5.69 Å². The van der Waals surface area contributed by atoms with Crippen molar-refractivity contribution in [2.24, 2.45) is 11.7 Å². The van der Waals surface area contributed by atoms with Crippen LogP contribution in [0, 0.1) is 33.6 Å². The molecule has 142 valence electrons. The maximum atomic E-state index is 13.1. The number of halogens is 1. The van der Waals surface area contributed by atoms with Crippen LogP contribution in [0.3, 0.4) is 0 Å². The molecule has 1 amide bonds. The van der Waals surface area contributed by atoms with E-state index >= 15 is 0 Å². The van der Waals surface area contributed by atoms with Crippen molar-refractivity contribution in [1.82, 2.24) is 9.47 Å². The minimum Gasteiger partial charge on any atom is -0.336 e. The van der Waals surface area contributed by atoms with E-state index in [2.05, 4.69) is 50.5 Å². The number of rotatable bonds is 3. The summed E-state index contributed by atoms with van der Waals surface area (Å²) in [5.41, 5.74) is 12.3. The van der Waals surface area contributed by atoms with Crippen LogP contribution < -0.4 is 5.73 Å². The normalized spacial score (nSPS) is 19.5. The van der Waals surface area contributed by atoms with Crippen LogP contribution in [0.5, 0.6) is 0 Å². The summed E-state index contributed by atoms with van der Waals surface area (Å²) in [6.45, 7) is 11.9. The van der Waals surface area contributed by atoms with Crippen LogP contribution in [0.2, 0.25) is 0 Å². The molecule has 2 N–H and O–H groups in total. The summed E-state index contributed by atoms with van der Waals surface area (Å²) in [7, 11) is 0. The van der Waals surface area contributed by atoms with Crippen LogP contribution in [0.15, 0.2) is 24.3 Å². The minimum atomic E-state index is 0. The SMILES string of the molecule is Cc1cc(C)cc(-n2c(C)cc(C(=O)N3CC(CN)CC3C)c2C)c1.Cl. The molecule has 4 nitrogen and oxygen atoms in total. The van der Waals surface area contributed by atoms with E-state index in [1.54, 1.807) is 0 Å². The topological polar surface area (TPSA) is 51.3 Å². The molecular formula is C21H30ClN3O. The average Bonchev–Trinajstić information content (AvgIpc) is 3.05. The number of aromatic nitrogens is 1. The highest BCUT2D eigenvalue weighted by Crippen LogP contribution is 2.28. The van der Waals surface area contributed by atoms with Gasteiger partial charge in [0.15, 0.2) is 0 Å². The summed E-state index contributed by atoms with van der Waals surface area (Å²) in [4.78, 5) is 15.1. The quantitative estimate of drug-likeness (QED) is 0.883. The summed E-state index contributed by atoms with van der Waals surface area (Å²) < 4.78 is 2.19. The first-order valence-electron chi connectivity index (χ1n) is 9.10. The van der Waals surface area contributed by atoms with Crippen LogP contribution in [0.4, 0.5) is 0 Å². The van der Waals surface area contributed by atoms with Gasteiger partial charge in [-0.15, -0.1) is 12.4 Å². The molecule has 1 aliphatic heterocycles. The molecule has 2 aromatic rings. The summed E-state index contributed by atoms with van der Waals surface area (Å²) in [5.74, 6) is 0.550. The zero-order chi connectivity index (χ0) is 18.3. The Morgan fingerprint density at radius 2 is 1.73 bits per heavy atom. The Labute approximate surface area is 162 Å². The smallest absolute Gasteiger partial charge is 0.255 e. The van der Waals surface area contributed by atoms with Gasteiger partial charge in [0, 0.05) is 29.7 Å². The lowest BCUT2D eigenvalue weighted by Crippen LogP contribution is -2.34. The van der Waals surface area contributed by atoms with Gasteiger partial charge in [-0.2, -0.15) is 0 Å². The fourth-order valence-corrected chi connectivity index (χ4v) is 4.21. The van der Waals surface area contributed by atoms with Gasteiger partial charge in [0.1, 0.15) is 0 Å². The van der Waals surface area contributed by atoms with E-state index in [0.717, 1.165) is 35.6 Å². The van der Waals surface area contributed by atoms with E-state index in [1.807, 2.05) is 17.9 Å². The van der Waals surface area contributed by atoms with Crippen molar-refractivity contribution in [3.63, 3.8) is 0 Å². The van der Waals surface area contributed by atoms with Crippen molar-refractivity contribution in [1.29, 1.82) is 0 Å². The largest absolute Gasteiger partial charge is 0.336 e. The molecule has 26 heavy (non-hydrogen) atoms. The number of hydrogen-bond donors (Lipinski definition) is 1. The van der Waals surface area contributed by atoms with E-state index in [4.69, 9.17) is 5.73 Å². The van der Waals surface area contributed by atoms with E-state index in [1.165, 1.54) is 11.1 Å². The fourth-order valence-electron chi connectivity index (χ4n) is 4.21. The lowest BCUT2D eigenvalue weighted by Gasteiger charge is -2.21. The van der Waals surface area contributed by atoms with Crippen LogP contribution >= 0.6 is 12.4 Å². The van der Waals surface area contributed by atoms with Crippen LogP contribution in [0.1, 0.15) is 46.2 Å². The van der Waals surface area contributed by atoms with Gasteiger partial charge in [0.05, 0.1) is 5.56 Å². The maximum absolute atomic E-state index is 13.1. The van der Waals surface area contributed by atoms with Gasteiger partial charge < -0.3 is 15.2 Å². The number of nitrogens with two attached hydrogens (primary N) is 1. The molecule has 2 atom stereocenters. The summed E-state index contributed by atoms with van der Waals surface area (Å²) in [5, 5.41) is 0. The second-order valence-electron chi connectivity index (χ2n) is 7.61. The lowest BCUT2D eigenvalue weighted by molar-refractivity contribution is 0.0742. The molecular weight excluding hydrogens is 346 g/mol. The van der Waals surface area contributed by atoms with E-state index < -0.39 is 0 Å². The molecule has 0 saturated carbocycles. The Morgan fingerprint density at radius 3 is 2.27 bits per heavy atom. The zero-order valence-electron chi connectivity index (χ0n) is 16.4. The van der Waals surface area contributed by atoms with Crippen molar-refractivity contribution in [2.45, 2.75) is 47.1 Å². The Kier molecular flexibility index (Phi) is 6.20. The summed E-state index contributed by atoms with van der Waals surface area (Å²) >= 11 is 0. The first kappa shape index (κ1) is 20.5. The molecule has 1 aliphatic rings. The Balaban J connectivity index is 0.00000243. The van der Waals surface area contributed by atoms with Crippen LogP contribution in [-0.2, 0) is 0 Å². The number of carbonyl (C=O) groups is 1. The van der Waals surface area contributed by atoms with Crippen molar-refractivity contribution in [2.75, 3.05) is 13.1 Å². The van der Waals surface area contributed by atoms with Crippen molar-refractivity contribution < 1.29 is 4.79 Å². The minimum absolute atomic E-state index is 0. The van der Waals surface area contributed by atoms with E-state index in [9.17, 15) is 4.79 Å². The Morgan fingerprint density at radius 1 is 1.12 bits per heavy atom. The molecule has 5 heteroatoms. The standard InChI is InChI=1S/C21H29N3O.ClH/c1-13-6-14(2)8-19(7-13)24-16(4)10-20(17(24)5)21(25)23-12-18(11-22)9-15(23)3;/h6-8,10,15,18H,9,11-12,22H2,1-5H3;1H. The average molecular weight is 376 g/mol. The van der Waals surface area contributed by atoms with Gasteiger partial charge in [-0.1, -0.05) is 6.07 Å². The highest BCUT2D eigenvalue weighted by atomic mass is 35.5. The van der Waals surface area contributed by atoms with Gasteiger partial charge in [0.25, 0.3) is 5.91 Å². The third kappa shape index (κ3) is 3.67. The molecule has 2 unspecified atom stereocenters. The molecule has 1 aromatic carbocycles. The third-order valence-electron chi connectivity index (χ3n) is 5.38. The maximum Gasteiger partial charge on any atom is 0.255 e. The first-order chi connectivity index (χ1) is 11.8. The predicted octanol–water partition coefficient (Wildman–Crippen LogP) is 3.94. The van der Waals surface area contributed by atoms with Gasteiger partial charge in [0.2, 0.25) is 0 Å². The fraction of sp³-hybridized carbons (Fsp3) is 0.476. The highest BCUT2D eigenvalue weighted by Gasteiger charge is 2.33. The second-order valence-corrected chi connectivity index (χ2v) is 7.61. The van der Waals surface area contributed by atoms with Crippen molar-refractivity contribution >= 4 is 18.3 Å². The molecule has 2 heterocycles. The Hall–Kier alpha value is -1.78. The summed E-state index contributed by atoms with van der Waals surface area (Å²) in [6, 6.07) is 8.79. The van der Waals surface area contributed by atoms with Gasteiger partial charge in [-0.25, -0.2) is 0 Å². The first-order valence-corrected chi connectivity index (χ1v) is 9.10. The molecule has 1 fully saturated rings. The molecule has 1 saturated heterocycles. The Bertz CT molecular complexity index is 792. The number of benzene rings is 1. The molecule has 0 aliphatic carbocycles. The summed E-state index contributed by atoms with van der Waals surface area (Å²) in [6.07, 6.45) is 0.998. The third-order valence-corrected chi connectivity index (χ3v) is 5.38. The van der Waals surface area contributed by atoms with E-state index in [0.29, 0.717) is 12.5 Å². The molecule has 0 spiro atoms. The molecule has 3 rings (SSSR count). The predicted molar refractivity (Wildman–Crippen MR) is 110 cm³/mol. The lowest BCUT2D eigenvalue weighted by atomic mass is 10.1. The molecule has 1 aromatic heterocycles. The van der Waals surface area contributed by atoms with Gasteiger partial charge in [-0.05, 0) is 82.8 Å². The second kappa shape index (κ2) is 7.85. The number of carbonyl (C=O) groups excluding carboxylic acids is 1. The molecule has 0 radical (unpaired) electrons. The number of hydrogen-bond acceptors (Lipinski definition) is 2. The number of likely N-dealkylation sites (tertiary alicyclic amines) is 1. The zero-order valence-corrected chi connectivity index (χ0v) is 17.2. The van der Waals surface area contributed by atoms with Crippen LogP contribution in [-0.4, -0.2) is 34.5 Å².